The van der Waals surface area contributed by atoms with Crippen LogP contribution < -0.4 is 10.6 Å². The quantitative estimate of drug-likeness (QED) is 0.803. The Hall–Kier alpha value is -1.35. The number of hydrogen-bond donors (Lipinski definition) is 2. The molecule has 0 aliphatic heterocycles. The predicted molar refractivity (Wildman–Crippen MR) is 84.7 cm³/mol. The summed E-state index contributed by atoms with van der Waals surface area (Å²) in [6.07, 6.45) is 1.11. The summed E-state index contributed by atoms with van der Waals surface area (Å²) in [7, 11) is 0. The predicted octanol–water partition coefficient (Wildman–Crippen LogP) is 3.06. The number of hydrogen-bond acceptors (Lipinski definition) is 2. The van der Waals surface area contributed by atoms with Gasteiger partial charge in [0, 0.05) is 12.1 Å². The van der Waals surface area contributed by atoms with Crippen molar-refractivity contribution in [3.63, 3.8) is 0 Å². The van der Waals surface area contributed by atoms with Gasteiger partial charge in [0.15, 0.2) is 0 Å². The van der Waals surface area contributed by atoms with Gasteiger partial charge in [-0.2, -0.15) is 0 Å². The molecule has 1 unspecified atom stereocenters. The zero-order valence-electron chi connectivity index (χ0n) is 13.4. The first-order chi connectivity index (χ1) is 9.38. The van der Waals surface area contributed by atoms with Crippen LogP contribution in [-0.4, -0.2) is 18.5 Å². The van der Waals surface area contributed by atoms with E-state index in [9.17, 15) is 4.79 Å². The van der Waals surface area contributed by atoms with Gasteiger partial charge < -0.3 is 10.6 Å². The lowest BCUT2D eigenvalue weighted by molar-refractivity contribution is -0.120. The van der Waals surface area contributed by atoms with Crippen LogP contribution in [0.25, 0.3) is 0 Å². The first-order valence-corrected chi connectivity index (χ1v) is 7.50. The summed E-state index contributed by atoms with van der Waals surface area (Å²) in [5.74, 6) is 0.722. The SMILES string of the molecule is CC(C)Cc1ccc(C(C)NCC(=O)NC(C)C)cc1. The fraction of sp³-hybridized carbons (Fsp3) is 0.588. The molecule has 0 aromatic heterocycles. The average Bonchev–Trinajstić information content (AvgIpc) is 2.35. The van der Waals surface area contributed by atoms with Crippen molar-refractivity contribution in [1.82, 2.24) is 10.6 Å². The topological polar surface area (TPSA) is 41.1 Å². The molecular weight excluding hydrogens is 248 g/mol. The highest BCUT2D eigenvalue weighted by molar-refractivity contribution is 5.78. The van der Waals surface area contributed by atoms with Crippen LogP contribution in [0.15, 0.2) is 24.3 Å². The number of rotatable bonds is 7. The van der Waals surface area contributed by atoms with E-state index < -0.39 is 0 Å². The van der Waals surface area contributed by atoms with E-state index in [4.69, 9.17) is 0 Å². The third kappa shape index (κ3) is 6.20. The van der Waals surface area contributed by atoms with E-state index in [0.29, 0.717) is 12.5 Å². The molecule has 3 nitrogen and oxygen atoms in total. The van der Waals surface area contributed by atoms with Gasteiger partial charge in [-0.05, 0) is 44.2 Å². The molecule has 1 aromatic rings. The number of carbonyl (C=O) groups is 1. The van der Waals surface area contributed by atoms with Crippen molar-refractivity contribution < 1.29 is 4.79 Å². The van der Waals surface area contributed by atoms with Crippen molar-refractivity contribution in [3.05, 3.63) is 35.4 Å². The Bertz CT molecular complexity index is 410. The standard InChI is InChI=1S/C17H28N2O/c1-12(2)10-15-6-8-16(9-7-15)14(5)18-11-17(20)19-13(3)4/h6-9,12-14,18H,10-11H2,1-5H3,(H,19,20). The van der Waals surface area contributed by atoms with Crippen molar-refractivity contribution in [1.29, 1.82) is 0 Å². The van der Waals surface area contributed by atoms with Gasteiger partial charge in [-0.3, -0.25) is 4.79 Å². The highest BCUT2D eigenvalue weighted by Gasteiger charge is 2.08. The lowest BCUT2D eigenvalue weighted by atomic mass is 10.00. The molecular formula is C17H28N2O. The van der Waals surface area contributed by atoms with Gasteiger partial charge in [-0.1, -0.05) is 38.1 Å². The maximum Gasteiger partial charge on any atom is 0.234 e. The van der Waals surface area contributed by atoms with Crippen LogP contribution in [0.3, 0.4) is 0 Å². The molecule has 0 aliphatic rings. The van der Waals surface area contributed by atoms with E-state index in [2.05, 4.69) is 55.7 Å². The molecule has 0 bridgehead atoms. The van der Waals surface area contributed by atoms with E-state index in [1.54, 1.807) is 0 Å². The van der Waals surface area contributed by atoms with E-state index in [1.165, 1.54) is 11.1 Å². The van der Waals surface area contributed by atoms with Gasteiger partial charge in [0.1, 0.15) is 0 Å². The first kappa shape index (κ1) is 16.7. The third-order valence-electron chi connectivity index (χ3n) is 3.14. The molecule has 3 heteroatoms. The molecule has 0 saturated carbocycles. The zero-order valence-corrected chi connectivity index (χ0v) is 13.4. The second-order valence-electron chi connectivity index (χ2n) is 6.16. The van der Waals surface area contributed by atoms with Crippen molar-refractivity contribution in [2.45, 2.75) is 53.1 Å². The maximum atomic E-state index is 11.6. The molecule has 0 saturated heterocycles. The molecule has 0 aliphatic carbocycles. The smallest absolute Gasteiger partial charge is 0.234 e. The van der Waals surface area contributed by atoms with Crippen LogP contribution in [0.5, 0.6) is 0 Å². The Balaban J connectivity index is 2.47. The van der Waals surface area contributed by atoms with Crippen LogP contribution >= 0.6 is 0 Å². The number of amides is 1. The first-order valence-electron chi connectivity index (χ1n) is 7.50. The number of benzene rings is 1. The lowest BCUT2D eigenvalue weighted by Gasteiger charge is -2.16. The van der Waals surface area contributed by atoms with Crippen molar-refractivity contribution >= 4 is 5.91 Å². The lowest BCUT2D eigenvalue weighted by Crippen LogP contribution is -2.38. The van der Waals surface area contributed by atoms with Crippen LogP contribution in [0.2, 0.25) is 0 Å². The van der Waals surface area contributed by atoms with Crippen molar-refractivity contribution in [2.24, 2.45) is 5.92 Å². The van der Waals surface area contributed by atoms with Gasteiger partial charge in [-0.15, -0.1) is 0 Å². The molecule has 1 atom stereocenters. The monoisotopic (exact) mass is 276 g/mol. The molecule has 1 amide bonds. The van der Waals surface area contributed by atoms with E-state index >= 15 is 0 Å². The summed E-state index contributed by atoms with van der Waals surface area (Å²) in [6.45, 7) is 10.8. The van der Waals surface area contributed by atoms with E-state index in [0.717, 1.165) is 6.42 Å². The second-order valence-corrected chi connectivity index (χ2v) is 6.16. The van der Waals surface area contributed by atoms with Gasteiger partial charge in [-0.25, -0.2) is 0 Å². The Morgan fingerprint density at radius 2 is 1.65 bits per heavy atom. The van der Waals surface area contributed by atoms with E-state index in [1.807, 2.05) is 13.8 Å². The number of nitrogens with one attached hydrogen (secondary N) is 2. The zero-order chi connectivity index (χ0) is 15.1. The Kier molecular flexibility index (Phi) is 6.73. The summed E-state index contributed by atoms with van der Waals surface area (Å²) in [5, 5.41) is 6.13. The molecule has 112 valence electrons. The third-order valence-corrected chi connectivity index (χ3v) is 3.14. The molecule has 2 N–H and O–H groups in total. The minimum Gasteiger partial charge on any atom is -0.353 e. The molecule has 0 spiro atoms. The van der Waals surface area contributed by atoms with Gasteiger partial charge >= 0.3 is 0 Å². The number of carbonyl (C=O) groups excluding carboxylic acids is 1. The van der Waals surface area contributed by atoms with Crippen LogP contribution in [0.4, 0.5) is 0 Å². The summed E-state index contributed by atoms with van der Waals surface area (Å²) in [6, 6.07) is 9.03. The Morgan fingerprint density at radius 3 is 2.15 bits per heavy atom. The van der Waals surface area contributed by atoms with Crippen LogP contribution in [0, 0.1) is 5.92 Å². The van der Waals surface area contributed by atoms with Gasteiger partial charge in [0.05, 0.1) is 6.54 Å². The summed E-state index contributed by atoms with van der Waals surface area (Å²) in [4.78, 5) is 11.6. The summed E-state index contributed by atoms with van der Waals surface area (Å²) in [5.41, 5.74) is 2.59. The normalized spacial score (nSPS) is 12.8. The fourth-order valence-electron chi connectivity index (χ4n) is 2.15. The minimum atomic E-state index is 0.0447. The fourth-order valence-corrected chi connectivity index (χ4v) is 2.15. The highest BCUT2D eigenvalue weighted by atomic mass is 16.1. The molecule has 1 aromatic carbocycles. The highest BCUT2D eigenvalue weighted by Crippen LogP contribution is 2.15. The molecule has 20 heavy (non-hydrogen) atoms. The molecule has 0 fully saturated rings. The largest absolute Gasteiger partial charge is 0.353 e. The van der Waals surface area contributed by atoms with Crippen LogP contribution in [-0.2, 0) is 11.2 Å². The average molecular weight is 276 g/mol. The van der Waals surface area contributed by atoms with Crippen molar-refractivity contribution in [2.75, 3.05) is 6.54 Å². The van der Waals surface area contributed by atoms with Gasteiger partial charge in [0.25, 0.3) is 0 Å². The van der Waals surface area contributed by atoms with Crippen LogP contribution in [0.1, 0.15) is 51.8 Å². The molecule has 1 rings (SSSR count). The van der Waals surface area contributed by atoms with Crippen molar-refractivity contribution in [3.8, 4) is 0 Å². The second kappa shape index (κ2) is 8.05. The van der Waals surface area contributed by atoms with Gasteiger partial charge in [0.2, 0.25) is 5.91 Å². The Labute approximate surface area is 123 Å². The van der Waals surface area contributed by atoms with E-state index in [-0.39, 0.29) is 18.0 Å². The maximum absolute atomic E-state index is 11.6. The Morgan fingerprint density at radius 1 is 1.05 bits per heavy atom. The molecule has 0 heterocycles. The molecule has 0 radical (unpaired) electrons. The summed E-state index contributed by atoms with van der Waals surface area (Å²) >= 11 is 0. The minimum absolute atomic E-state index is 0.0447. The summed E-state index contributed by atoms with van der Waals surface area (Å²) < 4.78 is 0.